The monoisotopic (exact) mass is 414 g/mol. The van der Waals surface area contributed by atoms with Gasteiger partial charge in [-0.2, -0.15) is 0 Å². The Balaban J connectivity index is 1.49. The number of hydrogen-bond donors (Lipinski definition) is 0. The van der Waals surface area contributed by atoms with E-state index in [0.29, 0.717) is 17.9 Å². The predicted molar refractivity (Wildman–Crippen MR) is 122 cm³/mol. The Kier molecular flexibility index (Phi) is 6.37. The molecule has 4 rings (SSSR count). The van der Waals surface area contributed by atoms with Crippen LogP contribution < -0.4 is 14.2 Å². The predicted octanol–water partition coefficient (Wildman–Crippen LogP) is 5.67. The van der Waals surface area contributed by atoms with Crippen molar-refractivity contribution in [3.63, 3.8) is 0 Å². The van der Waals surface area contributed by atoms with Crippen LogP contribution in [0.2, 0.25) is 0 Å². The van der Waals surface area contributed by atoms with E-state index in [-0.39, 0.29) is 5.78 Å². The van der Waals surface area contributed by atoms with Crippen molar-refractivity contribution in [1.29, 1.82) is 0 Å². The number of benzene rings is 3. The van der Waals surface area contributed by atoms with E-state index in [1.807, 2.05) is 36.4 Å². The molecule has 1 aliphatic rings. The maximum Gasteiger partial charge on any atom is 0.189 e. The molecule has 31 heavy (non-hydrogen) atoms. The number of hydrogen-bond acceptors (Lipinski definition) is 4. The highest BCUT2D eigenvalue weighted by Crippen LogP contribution is 2.28. The zero-order chi connectivity index (χ0) is 21.6. The van der Waals surface area contributed by atoms with Gasteiger partial charge in [0.25, 0.3) is 0 Å². The summed E-state index contributed by atoms with van der Waals surface area (Å²) < 4.78 is 16.8. The normalized spacial score (nSPS) is 12.6. The fraction of sp³-hybridized carbons (Fsp3) is 0.222. The van der Waals surface area contributed by atoms with Gasteiger partial charge >= 0.3 is 0 Å². The molecule has 0 fully saturated rings. The third-order valence-corrected chi connectivity index (χ3v) is 5.57. The van der Waals surface area contributed by atoms with Crippen LogP contribution in [0.4, 0.5) is 0 Å². The van der Waals surface area contributed by atoms with Crippen molar-refractivity contribution in [2.45, 2.75) is 25.9 Å². The lowest BCUT2D eigenvalue weighted by molar-refractivity contribution is 0.104. The largest absolute Gasteiger partial charge is 0.496 e. The van der Waals surface area contributed by atoms with Crippen LogP contribution in [0.25, 0.3) is 6.08 Å². The van der Waals surface area contributed by atoms with E-state index in [1.165, 1.54) is 17.5 Å². The lowest BCUT2D eigenvalue weighted by Gasteiger charge is -2.12. The topological polar surface area (TPSA) is 44.8 Å². The summed E-state index contributed by atoms with van der Waals surface area (Å²) in [5.41, 5.74) is 5.18. The molecule has 0 aliphatic heterocycles. The zero-order valence-corrected chi connectivity index (χ0v) is 17.9. The van der Waals surface area contributed by atoms with Gasteiger partial charge < -0.3 is 14.2 Å². The summed E-state index contributed by atoms with van der Waals surface area (Å²) in [6, 6.07) is 19.4. The molecule has 0 bridgehead atoms. The van der Waals surface area contributed by atoms with Crippen LogP contribution in [0.3, 0.4) is 0 Å². The first-order valence-electron chi connectivity index (χ1n) is 10.4. The fourth-order valence-corrected chi connectivity index (χ4v) is 3.92. The molecule has 0 N–H and O–H groups in total. The molecule has 4 nitrogen and oxygen atoms in total. The van der Waals surface area contributed by atoms with Crippen molar-refractivity contribution in [3.05, 3.63) is 94.6 Å². The number of carbonyl (C=O) groups is 1. The Morgan fingerprint density at radius 3 is 2.55 bits per heavy atom. The molecular formula is C27H26O4. The van der Waals surface area contributed by atoms with Gasteiger partial charge in [0.15, 0.2) is 5.78 Å². The van der Waals surface area contributed by atoms with Crippen LogP contribution in [0.1, 0.15) is 39.0 Å². The standard InChI is InChI=1S/C27H26O4/c1-29-26-15-11-19(10-14-25(28)24-8-3-4-9-27(24)30-2)16-22(26)18-31-23-13-12-20-6-5-7-21(20)17-23/h3-4,8-17H,5-7,18H2,1-2H3/b14-10+. The number of allylic oxidation sites excluding steroid dienone is 1. The molecule has 0 radical (unpaired) electrons. The highest BCUT2D eigenvalue weighted by atomic mass is 16.5. The van der Waals surface area contributed by atoms with Crippen molar-refractivity contribution in [3.8, 4) is 17.2 Å². The molecule has 0 atom stereocenters. The van der Waals surface area contributed by atoms with Crippen LogP contribution >= 0.6 is 0 Å². The number of ether oxygens (including phenoxy) is 3. The van der Waals surface area contributed by atoms with Gasteiger partial charge in [0.05, 0.1) is 19.8 Å². The van der Waals surface area contributed by atoms with E-state index in [0.717, 1.165) is 35.5 Å². The first-order valence-corrected chi connectivity index (χ1v) is 10.4. The SMILES string of the molecule is COc1ccc(/C=C/C(=O)c2ccccc2OC)cc1COc1ccc2c(c1)CCC2. The van der Waals surface area contributed by atoms with Crippen molar-refractivity contribution < 1.29 is 19.0 Å². The van der Waals surface area contributed by atoms with Crippen molar-refractivity contribution >= 4 is 11.9 Å². The Morgan fingerprint density at radius 1 is 0.903 bits per heavy atom. The van der Waals surface area contributed by atoms with Gasteiger partial charge in [-0.05, 0) is 78.4 Å². The minimum Gasteiger partial charge on any atom is -0.496 e. The Bertz CT molecular complexity index is 1110. The number of carbonyl (C=O) groups excluding carboxylic acids is 1. The van der Waals surface area contributed by atoms with Gasteiger partial charge in [-0.3, -0.25) is 4.79 Å². The molecule has 0 saturated heterocycles. The summed E-state index contributed by atoms with van der Waals surface area (Å²) in [4.78, 5) is 12.6. The molecule has 4 heteroatoms. The summed E-state index contributed by atoms with van der Waals surface area (Å²) in [5.74, 6) is 2.09. The molecular weight excluding hydrogens is 388 g/mol. The summed E-state index contributed by atoms with van der Waals surface area (Å²) in [6.45, 7) is 0.393. The summed E-state index contributed by atoms with van der Waals surface area (Å²) in [7, 11) is 3.21. The summed E-state index contributed by atoms with van der Waals surface area (Å²) in [5, 5.41) is 0. The summed E-state index contributed by atoms with van der Waals surface area (Å²) >= 11 is 0. The van der Waals surface area contributed by atoms with E-state index in [9.17, 15) is 4.79 Å². The smallest absolute Gasteiger partial charge is 0.189 e. The van der Waals surface area contributed by atoms with Crippen molar-refractivity contribution in [2.24, 2.45) is 0 Å². The number of rotatable bonds is 8. The van der Waals surface area contributed by atoms with Crippen LogP contribution in [0.15, 0.2) is 66.7 Å². The lowest BCUT2D eigenvalue weighted by Crippen LogP contribution is -2.00. The minimum absolute atomic E-state index is 0.107. The third kappa shape index (κ3) is 4.80. The fourth-order valence-electron chi connectivity index (χ4n) is 3.92. The van der Waals surface area contributed by atoms with E-state index in [1.54, 1.807) is 38.5 Å². The second kappa shape index (κ2) is 9.52. The van der Waals surface area contributed by atoms with Gasteiger partial charge in [0, 0.05) is 5.56 Å². The average Bonchev–Trinajstić information content (AvgIpc) is 3.29. The van der Waals surface area contributed by atoms with E-state index in [4.69, 9.17) is 14.2 Å². The zero-order valence-electron chi connectivity index (χ0n) is 17.9. The van der Waals surface area contributed by atoms with E-state index >= 15 is 0 Å². The lowest BCUT2D eigenvalue weighted by atomic mass is 10.1. The first kappa shape index (κ1) is 20.7. The van der Waals surface area contributed by atoms with Gasteiger partial charge in [0.1, 0.15) is 23.9 Å². The second-order valence-corrected chi connectivity index (χ2v) is 7.54. The Labute approximate surface area is 183 Å². The van der Waals surface area contributed by atoms with Crippen LogP contribution in [0.5, 0.6) is 17.2 Å². The first-order chi connectivity index (χ1) is 15.2. The number of methoxy groups -OCH3 is 2. The molecule has 0 aromatic heterocycles. The molecule has 0 amide bonds. The molecule has 3 aromatic carbocycles. The average molecular weight is 415 g/mol. The van der Waals surface area contributed by atoms with Crippen LogP contribution in [0, 0.1) is 0 Å². The molecule has 0 spiro atoms. The summed E-state index contributed by atoms with van der Waals surface area (Å²) in [6.07, 6.45) is 6.86. The Hall–Kier alpha value is -3.53. The number of ketones is 1. The van der Waals surface area contributed by atoms with Crippen molar-refractivity contribution in [1.82, 2.24) is 0 Å². The van der Waals surface area contributed by atoms with Gasteiger partial charge in [-0.25, -0.2) is 0 Å². The minimum atomic E-state index is -0.107. The highest BCUT2D eigenvalue weighted by molar-refractivity contribution is 6.08. The maximum atomic E-state index is 12.6. The molecule has 0 saturated carbocycles. The second-order valence-electron chi connectivity index (χ2n) is 7.54. The number of para-hydroxylation sites is 1. The molecule has 1 aliphatic carbocycles. The molecule has 158 valence electrons. The Morgan fingerprint density at radius 2 is 1.71 bits per heavy atom. The molecule has 3 aromatic rings. The van der Waals surface area contributed by atoms with E-state index < -0.39 is 0 Å². The van der Waals surface area contributed by atoms with Gasteiger partial charge in [-0.1, -0.05) is 30.3 Å². The maximum absolute atomic E-state index is 12.6. The quantitative estimate of drug-likeness (QED) is 0.352. The van der Waals surface area contributed by atoms with Gasteiger partial charge in [-0.15, -0.1) is 0 Å². The van der Waals surface area contributed by atoms with Crippen LogP contribution in [-0.2, 0) is 19.4 Å². The highest BCUT2D eigenvalue weighted by Gasteiger charge is 2.12. The van der Waals surface area contributed by atoms with Gasteiger partial charge in [0.2, 0.25) is 0 Å². The van der Waals surface area contributed by atoms with Crippen LogP contribution in [-0.4, -0.2) is 20.0 Å². The number of fused-ring (bicyclic) bond motifs is 1. The van der Waals surface area contributed by atoms with E-state index in [2.05, 4.69) is 12.1 Å². The molecule has 0 unspecified atom stereocenters. The number of aryl methyl sites for hydroxylation is 2. The molecule has 0 heterocycles. The third-order valence-electron chi connectivity index (χ3n) is 5.57. The van der Waals surface area contributed by atoms with Crippen molar-refractivity contribution in [2.75, 3.05) is 14.2 Å².